The van der Waals surface area contributed by atoms with Gasteiger partial charge in [0.25, 0.3) is 0 Å². The number of carbonyl (C=O) groups excluding carboxylic acids is 2. The summed E-state index contributed by atoms with van der Waals surface area (Å²) in [4.78, 5) is 36.5. The third-order valence-electron chi connectivity index (χ3n) is 6.15. The van der Waals surface area contributed by atoms with Crippen molar-refractivity contribution in [2.45, 2.75) is 6.18 Å². The molecule has 2 amide bonds. The monoisotopic (exact) mass is 538 g/mol. The molecule has 1 aromatic heterocycles. The number of nitrogens with one attached hydrogen (secondary N) is 3. The van der Waals surface area contributed by atoms with Gasteiger partial charge in [-0.2, -0.15) is 13.2 Å². The van der Waals surface area contributed by atoms with Crippen molar-refractivity contribution in [3.63, 3.8) is 0 Å². The lowest BCUT2D eigenvalue weighted by molar-refractivity contribution is -0.137. The Labute approximate surface area is 220 Å². The molecule has 4 aromatic rings. The highest BCUT2D eigenvalue weighted by Crippen LogP contribution is 2.30. The minimum absolute atomic E-state index is 0.0126. The van der Waals surface area contributed by atoms with Crippen molar-refractivity contribution in [3.05, 3.63) is 89.4 Å². The van der Waals surface area contributed by atoms with Crippen LogP contribution in [0.5, 0.6) is 0 Å². The predicted octanol–water partition coefficient (Wildman–Crippen LogP) is 5.07. The number of piperazine rings is 1. The molecule has 1 saturated heterocycles. The molecule has 8 nitrogen and oxygen atoms in total. The molecular formula is C27H22F4N6O2. The molecule has 0 saturated carbocycles. The van der Waals surface area contributed by atoms with Crippen LogP contribution >= 0.6 is 0 Å². The molecule has 12 heteroatoms. The van der Waals surface area contributed by atoms with Gasteiger partial charge >= 0.3 is 12.2 Å². The number of alkyl halides is 3. The molecule has 39 heavy (non-hydrogen) atoms. The highest BCUT2D eigenvalue weighted by atomic mass is 19.4. The molecule has 5 rings (SSSR count). The Morgan fingerprint density at radius 2 is 1.64 bits per heavy atom. The quantitative estimate of drug-likeness (QED) is 0.242. The van der Waals surface area contributed by atoms with Crippen LogP contribution in [0.15, 0.2) is 66.9 Å². The maximum absolute atomic E-state index is 14.9. The number of hydrogen-bond acceptors (Lipinski definition) is 6. The topological polar surface area (TPSA) is 99.2 Å². The van der Waals surface area contributed by atoms with Gasteiger partial charge in [-0.15, -0.1) is 0 Å². The summed E-state index contributed by atoms with van der Waals surface area (Å²) in [6.45, 7) is 3.22. The van der Waals surface area contributed by atoms with E-state index in [9.17, 15) is 27.2 Å². The van der Waals surface area contributed by atoms with Crippen LogP contribution in [0.2, 0.25) is 0 Å². The first-order chi connectivity index (χ1) is 18.7. The fraction of sp³-hybridized carbons (Fsp3) is 0.185. The van der Waals surface area contributed by atoms with Crippen molar-refractivity contribution >= 4 is 40.0 Å². The maximum Gasteiger partial charge on any atom is 0.416 e. The number of urea groups is 1. The van der Waals surface area contributed by atoms with E-state index in [4.69, 9.17) is 0 Å². The summed E-state index contributed by atoms with van der Waals surface area (Å²) in [5, 5.41) is 7.89. The van der Waals surface area contributed by atoms with E-state index in [1.807, 2.05) is 0 Å². The van der Waals surface area contributed by atoms with E-state index in [0.717, 1.165) is 50.4 Å². The summed E-state index contributed by atoms with van der Waals surface area (Å²) in [7, 11) is 0. The largest absolute Gasteiger partial charge is 0.416 e. The molecule has 0 spiro atoms. The SMILES string of the molecule is O=C(Nc1cccc(C(F)(F)F)c1)Nc1ccc(C(=O)c2ccc3ncc(N4CCNCC4)nc3c2)c(F)c1. The first kappa shape index (κ1) is 26.0. The number of hydrogen-bond donors (Lipinski definition) is 3. The number of fused-ring (bicyclic) bond motifs is 1. The lowest BCUT2D eigenvalue weighted by atomic mass is 10.0. The summed E-state index contributed by atoms with van der Waals surface area (Å²) in [5.74, 6) is -0.764. The average molecular weight is 539 g/mol. The van der Waals surface area contributed by atoms with Crippen LogP contribution in [0.3, 0.4) is 0 Å². The van der Waals surface area contributed by atoms with Gasteiger partial charge in [0.2, 0.25) is 0 Å². The zero-order valence-corrected chi connectivity index (χ0v) is 20.3. The zero-order chi connectivity index (χ0) is 27.6. The molecule has 2 heterocycles. The van der Waals surface area contributed by atoms with Crippen molar-refractivity contribution in [1.82, 2.24) is 15.3 Å². The predicted molar refractivity (Wildman–Crippen MR) is 139 cm³/mol. The minimum Gasteiger partial charge on any atom is -0.353 e. The number of halogens is 4. The van der Waals surface area contributed by atoms with Gasteiger partial charge < -0.3 is 20.9 Å². The standard InChI is InChI=1S/C27H22F4N6O2/c28-21-14-19(35-26(39)34-18-3-1-2-17(13-18)27(29,30)31)5-6-20(21)25(38)16-4-7-22-23(12-16)36-24(15-33-22)37-10-8-32-9-11-37/h1-7,12-15,32H,8-11H2,(H2,34,35,39). The highest BCUT2D eigenvalue weighted by Gasteiger charge is 2.30. The first-order valence-corrected chi connectivity index (χ1v) is 12.0. The molecule has 1 fully saturated rings. The Hall–Kier alpha value is -4.58. The fourth-order valence-electron chi connectivity index (χ4n) is 4.19. The summed E-state index contributed by atoms with van der Waals surface area (Å²) in [6, 6.07) is 11.5. The fourth-order valence-corrected chi connectivity index (χ4v) is 4.19. The van der Waals surface area contributed by atoms with Gasteiger partial charge in [0.05, 0.1) is 28.4 Å². The van der Waals surface area contributed by atoms with Crippen LogP contribution in [0, 0.1) is 5.82 Å². The van der Waals surface area contributed by atoms with E-state index < -0.39 is 29.4 Å². The molecule has 3 N–H and O–H groups in total. The summed E-state index contributed by atoms with van der Waals surface area (Å²) >= 11 is 0. The average Bonchev–Trinajstić information content (AvgIpc) is 2.92. The van der Waals surface area contributed by atoms with Crippen LogP contribution in [0.4, 0.5) is 39.5 Å². The van der Waals surface area contributed by atoms with Crippen LogP contribution in [-0.2, 0) is 6.18 Å². The molecule has 0 radical (unpaired) electrons. The van der Waals surface area contributed by atoms with Crippen molar-refractivity contribution in [2.75, 3.05) is 41.7 Å². The molecule has 1 aliphatic rings. The molecule has 0 unspecified atom stereocenters. The van der Waals surface area contributed by atoms with E-state index in [1.165, 1.54) is 24.3 Å². The van der Waals surface area contributed by atoms with Gasteiger partial charge in [0, 0.05) is 43.1 Å². The van der Waals surface area contributed by atoms with Crippen molar-refractivity contribution in [3.8, 4) is 0 Å². The Morgan fingerprint density at radius 1 is 0.897 bits per heavy atom. The van der Waals surface area contributed by atoms with Crippen molar-refractivity contribution in [2.24, 2.45) is 0 Å². The Balaban J connectivity index is 1.30. The smallest absolute Gasteiger partial charge is 0.353 e. The van der Waals surface area contributed by atoms with Gasteiger partial charge in [-0.05, 0) is 54.6 Å². The minimum atomic E-state index is -4.56. The third-order valence-corrected chi connectivity index (χ3v) is 6.15. The zero-order valence-electron chi connectivity index (χ0n) is 20.3. The highest BCUT2D eigenvalue weighted by molar-refractivity contribution is 6.10. The first-order valence-electron chi connectivity index (χ1n) is 12.0. The van der Waals surface area contributed by atoms with E-state index in [1.54, 1.807) is 18.3 Å². The number of ketones is 1. The van der Waals surface area contributed by atoms with Crippen LogP contribution in [-0.4, -0.2) is 48.0 Å². The Morgan fingerprint density at radius 3 is 2.36 bits per heavy atom. The molecule has 3 aromatic carbocycles. The van der Waals surface area contributed by atoms with Gasteiger partial charge in [0.1, 0.15) is 11.6 Å². The van der Waals surface area contributed by atoms with Crippen LogP contribution < -0.4 is 20.9 Å². The maximum atomic E-state index is 14.9. The Kier molecular flexibility index (Phi) is 7.11. The van der Waals surface area contributed by atoms with Crippen molar-refractivity contribution in [1.29, 1.82) is 0 Å². The van der Waals surface area contributed by atoms with E-state index in [0.29, 0.717) is 16.9 Å². The normalized spacial score (nSPS) is 13.8. The van der Waals surface area contributed by atoms with Crippen LogP contribution in [0.1, 0.15) is 21.5 Å². The van der Waals surface area contributed by atoms with E-state index in [-0.39, 0.29) is 22.5 Å². The number of carbonyl (C=O) groups is 2. The van der Waals surface area contributed by atoms with E-state index in [2.05, 4.69) is 30.8 Å². The summed E-state index contributed by atoms with van der Waals surface area (Å²) < 4.78 is 53.6. The molecular weight excluding hydrogens is 516 g/mol. The van der Waals surface area contributed by atoms with Gasteiger partial charge in [-0.1, -0.05) is 6.07 Å². The second-order valence-electron chi connectivity index (χ2n) is 8.85. The number of anilines is 3. The number of nitrogens with zero attached hydrogens (tertiary/aromatic N) is 3. The van der Waals surface area contributed by atoms with Crippen molar-refractivity contribution < 1.29 is 27.2 Å². The number of rotatable bonds is 5. The second-order valence-corrected chi connectivity index (χ2v) is 8.85. The Bertz CT molecular complexity index is 1550. The molecule has 0 aliphatic carbocycles. The number of benzene rings is 3. The lowest BCUT2D eigenvalue weighted by Crippen LogP contribution is -2.43. The summed E-state index contributed by atoms with van der Waals surface area (Å²) in [5.41, 5.74) is 0.0984. The molecule has 1 aliphatic heterocycles. The number of amides is 2. The molecule has 0 bridgehead atoms. The van der Waals surface area contributed by atoms with E-state index >= 15 is 0 Å². The molecule has 200 valence electrons. The second kappa shape index (κ2) is 10.7. The van der Waals surface area contributed by atoms with Gasteiger partial charge in [0.15, 0.2) is 5.78 Å². The van der Waals surface area contributed by atoms with Gasteiger partial charge in [-0.3, -0.25) is 9.78 Å². The third kappa shape index (κ3) is 5.96. The summed E-state index contributed by atoms with van der Waals surface area (Å²) in [6.07, 6.45) is -2.88. The van der Waals surface area contributed by atoms with Crippen LogP contribution in [0.25, 0.3) is 11.0 Å². The lowest BCUT2D eigenvalue weighted by Gasteiger charge is -2.28. The molecule has 0 atom stereocenters. The number of aromatic nitrogens is 2. The van der Waals surface area contributed by atoms with Gasteiger partial charge in [-0.25, -0.2) is 14.2 Å².